The molecule has 5 heteroatoms. The minimum absolute atomic E-state index is 0.0345. The summed E-state index contributed by atoms with van der Waals surface area (Å²) >= 11 is 1.69. The molecular weight excluding hydrogens is 220 g/mol. The highest BCUT2D eigenvalue weighted by Gasteiger charge is 2.07. The van der Waals surface area contributed by atoms with Crippen molar-refractivity contribution in [2.75, 3.05) is 12.3 Å². The molecule has 0 aliphatic heterocycles. The van der Waals surface area contributed by atoms with Gasteiger partial charge in [0.25, 0.3) is 0 Å². The van der Waals surface area contributed by atoms with Gasteiger partial charge >= 0.3 is 0 Å². The van der Waals surface area contributed by atoms with Crippen molar-refractivity contribution in [3.63, 3.8) is 0 Å². The van der Waals surface area contributed by atoms with E-state index in [0.29, 0.717) is 0 Å². The third-order valence-electron chi connectivity index (χ3n) is 2.21. The number of aromatic nitrogens is 2. The lowest BCUT2D eigenvalue weighted by Crippen LogP contribution is -2.28. The summed E-state index contributed by atoms with van der Waals surface area (Å²) in [5.74, 6) is 0.916. The first-order valence-corrected chi connectivity index (χ1v) is 6.49. The summed E-state index contributed by atoms with van der Waals surface area (Å²) in [5, 5.41) is 13.1. The molecule has 0 fully saturated rings. The predicted molar refractivity (Wildman–Crippen MR) is 66.2 cm³/mol. The molecule has 0 aliphatic carbocycles. The van der Waals surface area contributed by atoms with Crippen LogP contribution in [0.1, 0.15) is 19.8 Å². The molecule has 0 spiro atoms. The van der Waals surface area contributed by atoms with Crippen LogP contribution in [-0.2, 0) is 7.05 Å². The highest BCUT2D eigenvalue weighted by atomic mass is 32.2. The van der Waals surface area contributed by atoms with E-state index in [2.05, 4.69) is 23.3 Å². The monoisotopic (exact) mass is 238 g/mol. The van der Waals surface area contributed by atoms with Crippen molar-refractivity contribution in [2.45, 2.75) is 31.0 Å². The molecule has 1 heterocycles. The summed E-state index contributed by atoms with van der Waals surface area (Å²) in [7, 11) is 1.98. The lowest BCUT2D eigenvalue weighted by Gasteiger charge is -2.09. The lowest BCUT2D eigenvalue weighted by atomic mass is 10.2. The van der Waals surface area contributed by atoms with E-state index >= 15 is 0 Å². The molecule has 0 saturated heterocycles. The van der Waals surface area contributed by atoms with Crippen molar-refractivity contribution in [2.24, 2.45) is 7.05 Å². The summed E-state index contributed by atoms with van der Waals surface area (Å²) in [4.78, 5) is 4.22. The van der Waals surface area contributed by atoms with Crippen molar-refractivity contribution >= 4 is 11.8 Å². The SMILES string of the molecule is CCCNC(C#N)CCSc1nccn1C. The van der Waals surface area contributed by atoms with E-state index in [1.165, 1.54) is 0 Å². The van der Waals surface area contributed by atoms with E-state index < -0.39 is 0 Å². The smallest absolute Gasteiger partial charge is 0.167 e. The topological polar surface area (TPSA) is 53.6 Å². The number of hydrogen-bond donors (Lipinski definition) is 1. The van der Waals surface area contributed by atoms with E-state index in [1.54, 1.807) is 18.0 Å². The molecule has 0 aliphatic rings. The predicted octanol–water partition coefficient (Wildman–Crippen LogP) is 1.79. The van der Waals surface area contributed by atoms with Crippen molar-refractivity contribution in [1.82, 2.24) is 14.9 Å². The first-order valence-electron chi connectivity index (χ1n) is 5.51. The van der Waals surface area contributed by atoms with Crippen LogP contribution >= 0.6 is 11.8 Å². The Hall–Kier alpha value is -0.990. The number of nitriles is 1. The molecule has 4 nitrogen and oxygen atoms in total. The summed E-state index contributed by atoms with van der Waals surface area (Å²) in [6.45, 7) is 3.01. The number of rotatable bonds is 7. The third kappa shape index (κ3) is 4.25. The van der Waals surface area contributed by atoms with Gasteiger partial charge in [-0.25, -0.2) is 4.98 Å². The Bertz CT molecular complexity index is 342. The van der Waals surface area contributed by atoms with Crippen LogP contribution in [0.25, 0.3) is 0 Å². The second-order valence-electron chi connectivity index (χ2n) is 3.59. The van der Waals surface area contributed by atoms with Gasteiger partial charge in [0.15, 0.2) is 5.16 Å². The second kappa shape index (κ2) is 7.31. The van der Waals surface area contributed by atoms with E-state index in [9.17, 15) is 0 Å². The number of imidazole rings is 1. The zero-order valence-corrected chi connectivity index (χ0v) is 10.6. The number of nitrogens with one attached hydrogen (secondary N) is 1. The summed E-state index contributed by atoms with van der Waals surface area (Å²) in [6, 6.07) is 2.25. The van der Waals surface area contributed by atoms with Crippen molar-refractivity contribution in [3.05, 3.63) is 12.4 Å². The van der Waals surface area contributed by atoms with Gasteiger partial charge in [0.1, 0.15) is 0 Å². The molecule has 1 unspecified atom stereocenters. The molecule has 16 heavy (non-hydrogen) atoms. The number of aryl methyl sites for hydroxylation is 1. The maximum atomic E-state index is 8.92. The maximum absolute atomic E-state index is 8.92. The Morgan fingerprint density at radius 3 is 3.06 bits per heavy atom. The van der Waals surface area contributed by atoms with Crippen LogP contribution < -0.4 is 5.32 Å². The summed E-state index contributed by atoms with van der Waals surface area (Å²) in [6.07, 6.45) is 5.64. The average Bonchev–Trinajstić information content (AvgIpc) is 2.69. The third-order valence-corrected chi connectivity index (χ3v) is 3.30. The second-order valence-corrected chi connectivity index (χ2v) is 4.66. The minimum Gasteiger partial charge on any atom is -0.329 e. The highest BCUT2D eigenvalue weighted by molar-refractivity contribution is 7.99. The number of nitrogens with zero attached hydrogens (tertiary/aromatic N) is 3. The average molecular weight is 238 g/mol. The van der Waals surface area contributed by atoms with Gasteiger partial charge in [-0.1, -0.05) is 18.7 Å². The summed E-state index contributed by atoms with van der Waals surface area (Å²) in [5.41, 5.74) is 0. The molecule has 0 radical (unpaired) electrons. The van der Waals surface area contributed by atoms with E-state index in [-0.39, 0.29) is 6.04 Å². The lowest BCUT2D eigenvalue weighted by molar-refractivity contribution is 0.585. The van der Waals surface area contributed by atoms with E-state index in [0.717, 1.165) is 30.3 Å². The van der Waals surface area contributed by atoms with E-state index in [1.807, 2.05) is 17.8 Å². The molecule has 1 N–H and O–H groups in total. The van der Waals surface area contributed by atoms with Crippen LogP contribution in [-0.4, -0.2) is 27.9 Å². The van der Waals surface area contributed by atoms with Gasteiger partial charge in [0, 0.05) is 25.2 Å². The Labute approximate surface area is 101 Å². The highest BCUT2D eigenvalue weighted by Crippen LogP contribution is 2.15. The maximum Gasteiger partial charge on any atom is 0.167 e. The minimum atomic E-state index is -0.0345. The van der Waals surface area contributed by atoms with Gasteiger partial charge in [0.2, 0.25) is 0 Å². The van der Waals surface area contributed by atoms with Crippen LogP contribution in [0, 0.1) is 11.3 Å². The van der Waals surface area contributed by atoms with Crippen LogP contribution in [0.15, 0.2) is 17.6 Å². The molecule has 0 saturated carbocycles. The number of hydrogen-bond acceptors (Lipinski definition) is 4. The van der Waals surface area contributed by atoms with Crippen molar-refractivity contribution in [3.8, 4) is 6.07 Å². The molecule has 0 amide bonds. The Balaban J connectivity index is 2.24. The fourth-order valence-electron chi connectivity index (χ4n) is 1.29. The Kier molecular flexibility index (Phi) is 5.98. The molecule has 1 aromatic heterocycles. The quantitative estimate of drug-likeness (QED) is 0.736. The first-order chi connectivity index (χ1) is 7.77. The van der Waals surface area contributed by atoms with Crippen LogP contribution in [0.4, 0.5) is 0 Å². The fourth-order valence-corrected chi connectivity index (χ4v) is 2.23. The molecule has 1 atom stereocenters. The Morgan fingerprint density at radius 2 is 2.50 bits per heavy atom. The van der Waals surface area contributed by atoms with Gasteiger partial charge in [-0.15, -0.1) is 0 Å². The van der Waals surface area contributed by atoms with Gasteiger partial charge in [0.05, 0.1) is 12.1 Å². The number of thioether (sulfide) groups is 1. The normalized spacial score (nSPS) is 12.3. The van der Waals surface area contributed by atoms with Gasteiger partial charge in [-0.2, -0.15) is 5.26 Å². The first kappa shape index (κ1) is 13.1. The summed E-state index contributed by atoms with van der Waals surface area (Å²) < 4.78 is 1.99. The molecule has 0 aromatic carbocycles. The zero-order valence-electron chi connectivity index (χ0n) is 9.81. The van der Waals surface area contributed by atoms with Crippen LogP contribution in [0.3, 0.4) is 0 Å². The fraction of sp³-hybridized carbons (Fsp3) is 0.636. The van der Waals surface area contributed by atoms with Gasteiger partial charge in [-0.3, -0.25) is 0 Å². The van der Waals surface area contributed by atoms with Crippen LogP contribution in [0.2, 0.25) is 0 Å². The van der Waals surface area contributed by atoms with Crippen molar-refractivity contribution < 1.29 is 0 Å². The van der Waals surface area contributed by atoms with Gasteiger partial charge < -0.3 is 9.88 Å². The molecule has 1 aromatic rings. The molecule has 88 valence electrons. The van der Waals surface area contributed by atoms with Crippen molar-refractivity contribution in [1.29, 1.82) is 5.26 Å². The molecular formula is C11H18N4S. The molecule has 0 bridgehead atoms. The van der Waals surface area contributed by atoms with E-state index in [4.69, 9.17) is 5.26 Å². The largest absolute Gasteiger partial charge is 0.329 e. The van der Waals surface area contributed by atoms with Gasteiger partial charge in [-0.05, 0) is 19.4 Å². The zero-order chi connectivity index (χ0) is 11.8. The van der Waals surface area contributed by atoms with Crippen LogP contribution in [0.5, 0.6) is 0 Å². The molecule has 1 rings (SSSR count). The Morgan fingerprint density at radius 1 is 1.69 bits per heavy atom. The standard InChI is InChI=1S/C11H18N4S/c1-3-5-13-10(9-12)4-8-16-11-14-6-7-15(11)2/h6-7,10,13H,3-5,8H2,1-2H3.